The molecule has 0 aliphatic carbocycles. The van der Waals surface area contributed by atoms with Crippen molar-refractivity contribution in [2.45, 2.75) is 32.4 Å². The van der Waals surface area contributed by atoms with Gasteiger partial charge in [0.1, 0.15) is 5.69 Å². The minimum Gasteiger partial charge on any atom is -0.353 e. The first kappa shape index (κ1) is 22.5. The third-order valence-corrected chi connectivity index (χ3v) is 5.50. The maximum atomic E-state index is 13.1. The van der Waals surface area contributed by atoms with Gasteiger partial charge in [-0.1, -0.05) is 44.0 Å². The molecule has 3 aromatic heterocycles. The molecule has 5 rings (SSSR count). The van der Waals surface area contributed by atoms with Crippen LogP contribution in [-0.4, -0.2) is 19.8 Å². The van der Waals surface area contributed by atoms with E-state index in [0.717, 1.165) is 17.7 Å². The van der Waals surface area contributed by atoms with Gasteiger partial charge in [-0.05, 0) is 53.3 Å². The zero-order valence-electron chi connectivity index (χ0n) is 19.1. The largest absolute Gasteiger partial charge is 0.416 e. The summed E-state index contributed by atoms with van der Waals surface area (Å²) >= 11 is 0. The predicted octanol–water partition coefficient (Wildman–Crippen LogP) is 6.33. The van der Waals surface area contributed by atoms with Gasteiger partial charge >= 0.3 is 6.18 Å². The van der Waals surface area contributed by atoms with Crippen molar-refractivity contribution in [3.8, 4) is 11.8 Å². The molecule has 3 heterocycles. The number of nitrogens with zero attached hydrogens (tertiary/aromatic N) is 4. The van der Waals surface area contributed by atoms with E-state index >= 15 is 0 Å². The van der Waals surface area contributed by atoms with Gasteiger partial charge in [-0.15, -0.1) is 0 Å². The van der Waals surface area contributed by atoms with Gasteiger partial charge in [0.2, 0.25) is 0 Å². The van der Waals surface area contributed by atoms with E-state index in [4.69, 9.17) is 4.52 Å². The highest BCUT2D eigenvalue weighted by atomic mass is 19.4. The molecule has 0 unspecified atom stereocenters. The van der Waals surface area contributed by atoms with E-state index in [9.17, 15) is 13.2 Å². The Hall–Kier alpha value is -4.32. The van der Waals surface area contributed by atoms with E-state index in [1.54, 1.807) is 23.0 Å². The second kappa shape index (κ2) is 8.17. The lowest BCUT2D eigenvalue weighted by Crippen LogP contribution is -2.13. The highest BCUT2D eigenvalue weighted by molar-refractivity contribution is 5.94. The third-order valence-electron chi connectivity index (χ3n) is 5.50. The highest BCUT2D eigenvalue weighted by Crippen LogP contribution is 2.36. The summed E-state index contributed by atoms with van der Waals surface area (Å²) in [6.07, 6.45) is -1.14. The predicted molar refractivity (Wildman–Crippen MR) is 126 cm³/mol. The van der Waals surface area contributed by atoms with Crippen molar-refractivity contribution in [1.82, 2.24) is 19.8 Å². The smallest absolute Gasteiger partial charge is 0.353 e. The molecular weight excluding hydrogens is 455 g/mol. The molecule has 35 heavy (non-hydrogen) atoms. The van der Waals surface area contributed by atoms with E-state index in [0.29, 0.717) is 33.7 Å². The Bertz CT molecular complexity index is 1610. The molecular formula is C26H20F3N5O. The van der Waals surface area contributed by atoms with Crippen molar-refractivity contribution in [3.63, 3.8) is 0 Å². The Labute approximate surface area is 198 Å². The van der Waals surface area contributed by atoms with Crippen molar-refractivity contribution in [2.75, 3.05) is 5.32 Å². The topological polar surface area (TPSA) is 68.2 Å². The summed E-state index contributed by atoms with van der Waals surface area (Å²) in [4.78, 5) is 4.31. The molecule has 0 bridgehead atoms. The van der Waals surface area contributed by atoms with Crippen molar-refractivity contribution >= 4 is 28.1 Å². The van der Waals surface area contributed by atoms with Crippen LogP contribution in [0.4, 0.5) is 24.7 Å². The summed E-state index contributed by atoms with van der Waals surface area (Å²) in [7, 11) is 0. The number of halogens is 3. The highest BCUT2D eigenvalue weighted by Gasteiger charge is 2.30. The number of hydrogen-bond acceptors (Lipinski definition) is 5. The van der Waals surface area contributed by atoms with E-state index in [1.807, 2.05) is 18.2 Å². The Balaban J connectivity index is 1.60. The van der Waals surface area contributed by atoms with Crippen LogP contribution in [0.3, 0.4) is 0 Å². The molecule has 0 amide bonds. The van der Waals surface area contributed by atoms with Crippen LogP contribution in [0, 0.1) is 11.8 Å². The van der Waals surface area contributed by atoms with Gasteiger partial charge in [-0.25, -0.2) is 9.50 Å². The van der Waals surface area contributed by atoms with Crippen molar-refractivity contribution in [2.24, 2.45) is 0 Å². The molecule has 0 saturated carbocycles. The quantitative estimate of drug-likeness (QED) is 0.302. The van der Waals surface area contributed by atoms with E-state index in [1.165, 1.54) is 12.1 Å². The Morgan fingerprint density at radius 1 is 1.00 bits per heavy atom. The number of imidazole rings is 1. The molecule has 9 heteroatoms. The Morgan fingerprint density at radius 3 is 2.60 bits per heavy atom. The molecule has 0 fully saturated rings. The number of anilines is 2. The van der Waals surface area contributed by atoms with Crippen molar-refractivity contribution in [1.29, 1.82) is 0 Å². The number of nitrogens with one attached hydrogen (secondary N) is 1. The molecule has 6 nitrogen and oxygen atoms in total. The number of rotatable bonds is 2. The molecule has 0 atom stereocenters. The zero-order valence-corrected chi connectivity index (χ0v) is 19.1. The summed E-state index contributed by atoms with van der Waals surface area (Å²) in [6.45, 7) is 6.19. The van der Waals surface area contributed by atoms with Crippen LogP contribution in [0.2, 0.25) is 0 Å². The fourth-order valence-electron chi connectivity index (χ4n) is 3.79. The molecule has 5 aromatic rings. The third kappa shape index (κ3) is 4.30. The van der Waals surface area contributed by atoms with Gasteiger partial charge in [0.05, 0.1) is 22.7 Å². The molecule has 0 radical (unpaired) electrons. The van der Waals surface area contributed by atoms with Gasteiger partial charge in [0.15, 0.2) is 17.0 Å². The number of alkyl halides is 3. The van der Waals surface area contributed by atoms with Crippen LogP contribution < -0.4 is 5.32 Å². The molecule has 0 saturated heterocycles. The summed E-state index contributed by atoms with van der Waals surface area (Å²) in [5.74, 6) is 6.63. The normalized spacial score (nSPS) is 12.1. The average Bonchev–Trinajstić information content (AvgIpc) is 3.41. The first-order chi connectivity index (χ1) is 16.6. The fourth-order valence-corrected chi connectivity index (χ4v) is 3.79. The summed E-state index contributed by atoms with van der Waals surface area (Å²) in [5.41, 5.74) is 2.57. The lowest BCUT2D eigenvalue weighted by Gasteiger charge is -2.20. The number of hydrogen-bond donors (Lipinski definition) is 1. The van der Waals surface area contributed by atoms with E-state index in [2.05, 4.69) is 53.2 Å². The Kier molecular flexibility index (Phi) is 5.24. The van der Waals surface area contributed by atoms with Crippen molar-refractivity contribution in [3.05, 3.63) is 83.3 Å². The molecule has 0 spiro atoms. The molecule has 0 aliphatic heterocycles. The maximum Gasteiger partial charge on any atom is 0.416 e. The molecule has 2 aromatic carbocycles. The minimum atomic E-state index is -4.44. The average molecular weight is 475 g/mol. The summed E-state index contributed by atoms with van der Waals surface area (Å²) < 4.78 is 46.7. The van der Waals surface area contributed by atoms with Crippen molar-refractivity contribution < 1.29 is 17.7 Å². The van der Waals surface area contributed by atoms with Crippen LogP contribution in [-0.2, 0) is 11.6 Å². The standard InChI is InChI=1S/C26H20F3N5O/c1-25(2,3)21-12-11-20-23(19(21)10-9-18-15-30-22-8-5-13-31-34(18)22)35-33-24(20)32-17-7-4-6-16(14-17)26(27,28)29/h4-8,11-15H,1-3H3,(H,32,33). The van der Waals surface area contributed by atoms with Gasteiger partial charge < -0.3 is 9.84 Å². The van der Waals surface area contributed by atoms with Crippen LogP contribution in [0.15, 0.2) is 65.4 Å². The second-order valence-electron chi connectivity index (χ2n) is 9.04. The molecule has 1 N–H and O–H groups in total. The summed E-state index contributed by atoms with van der Waals surface area (Å²) in [5, 5.41) is 11.9. The molecule has 176 valence electrons. The van der Waals surface area contributed by atoms with Gasteiger partial charge in [-0.2, -0.15) is 18.3 Å². The monoisotopic (exact) mass is 475 g/mol. The molecule has 0 aliphatic rings. The Morgan fingerprint density at radius 2 is 1.83 bits per heavy atom. The minimum absolute atomic E-state index is 0.249. The maximum absolute atomic E-state index is 13.1. The lowest BCUT2D eigenvalue weighted by molar-refractivity contribution is -0.137. The van der Waals surface area contributed by atoms with Gasteiger partial charge in [-0.3, -0.25) is 0 Å². The number of fused-ring (bicyclic) bond motifs is 2. The van der Waals surface area contributed by atoms with Crippen LogP contribution >= 0.6 is 0 Å². The van der Waals surface area contributed by atoms with E-state index < -0.39 is 11.7 Å². The number of aromatic nitrogens is 4. The van der Waals surface area contributed by atoms with Crippen LogP contribution in [0.1, 0.15) is 43.2 Å². The fraction of sp³-hybridized carbons (Fsp3) is 0.192. The van der Waals surface area contributed by atoms with E-state index in [-0.39, 0.29) is 11.1 Å². The van der Waals surface area contributed by atoms with Crippen LogP contribution in [0.5, 0.6) is 0 Å². The van der Waals surface area contributed by atoms with Gasteiger partial charge in [0.25, 0.3) is 0 Å². The second-order valence-corrected chi connectivity index (χ2v) is 9.04. The lowest BCUT2D eigenvalue weighted by atomic mass is 9.83. The number of benzene rings is 2. The summed E-state index contributed by atoms with van der Waals surface area (Å²) in [6, 6.07) is 12.3. The van der Waals surface area contributed by atoms with Crippen LogP contribution in [0.25, 0.3) is 16.6 Å². The first-order valence-corrected chi connectivity index (χ1v) is 10.8. The first-order valence-electron chi connectivity index (χ1n) is 10.8. The SMILES string of the molecule is CC(C)(C)c1ccc2c(Nc3cccc(C(F)(F)F)c3)noc2c1C#Cc1cnc2cccnn12. The zero-order chi connectivity index (χ0) is 24.8. The van der Waals surface area contributed by atoms with Gasteiger partial charge in [0, 0.05) is 11.9 Å².